The van der Waals surface area contributed by atoms with Gasteiger partial charge in [-0.3, -0.25) is 9.69 Å². The lowest BCUT2D eigenvalue weighted by Gasteiger charge is -2.60. The molecule has 25 heavy (non-hydrogen) atoms. The van der Waals surface area contributed by atoms with Gasteiger partial charge in [0, 0.05) is 24.7 Å². The van der Waals surface area contributed by atoms with Gasteiger partial charge in [0.25, 0.3) is 0 Å². The first-order valence-corrected chi connectivity index (χ1v) is 8.94. The number of phenolic OH excluding ortho intramolecular Hbond substituents is 1. The number of hydrogen-bond donors (Lipinski definition) is 2. The number of phenols is 1. The van der Waals surface area contributed by atoms with Gasteiger partial charge >= 0.3 is 0 Å². The van der Waals surface area contributed by atoms with Crippen LogP contribution in [0.1, 0.15) is 24.0 Å². The summed E-state index contributed by atoms with van der Waals surface area (Å²) < 4.78 is 5.97. The standard InChI is InChI=1S/C20H19NO4/c22-13-4-3-12-9-15-20(24)6-5-14(23)18-19(20,16(12)17(13)25-18)7-8-21(15)10-11-1-2-11/h1,3-6,15,18,22,24H,2,7-10H2/t15-,18+,19+,20?/m1/s1. The van der Waals surface area contributed by atoms with Crippen LogP contribution in [0.4, 0.5) is 0 Å². The third-order valence-corrected chi connectivity index (χ3v) is 6.88. The van der Waals surface area contributed by atoms with Crippen molar-refractivity contribution < 1.29 is 19.7 Å². The molecule has 0 aromatic heterocycles. The Labute approximate surface area is 145 Å². The molecule has 5 aliphatic rings. The van der Waals surface area contributed by atoms with Gasteiger partial charge in [0.2, 0.25) is 0 Å². The summed E-state index contributed by atoms with van der Waals surface area (Å²) >= 11 is 0. The monoisotopic (exact) mass is 337 g/mol. The Morgan fingerprint density at radius 2 is 2.20 bits per heavy atom. The van der Waals surface area contributed by atoms with Crippen molar-refractivity contribution in [2.24, 2.45) is 0 Å². The lowest BCUT2D eigenvalue weighted by Crippen LogP contribution is -2.75. The Balaban J connectivity index is 1.62. The molecule has 128 valence electrons. The molecule has 0 saturated carbocycles. The van der Waals surface area contributed by atoms with Gasteiger partial charge in [-0.25, -0.2) is 0 Å². The highest BCUT2D eigenvalue weighted by molar-refractivity contribution is 5.99. The van der Waals surface area contributed by atoms with Crippen molar-refractivity contribution in [3.8, 4) is 11.5 Å². The summed E-state index contributed by atoms with van der Waals surface area (Å²) in [6.45, 7) is 1.70. The fourth-order valence-corrected chi connectivity index (χ4v) is 5.66. The highest BCUT2D eigenvalue weighted by atomic mass is 16.5. The van der Waals surface area contributed by atoms with E-state index in [0.29, 0.717) is 18.6 Å². The molecule has 6 rings (SSSR count). The average Bonchev–Trinajstić information content (AvgIpc) is 3.32. The largest absolute Gasteiger partial charge is 0.504 e. The predicted octanol–water partition coefficient (Wildman–Crippen LogP) is 1.22. The van der Waals surface area contributed by atoms with Crippen LogP contribution in [0.25, 0.3) is 0 Å². The van der Waals surface area contributed by atoms with Gasteiger partial charge < -0.3 is 14.9 Å². The fraction of sp³-hybridized carbons (Fsp3) is 0.450. The quantitative estimate of drug-likeness (QED) is 0.794. The third kappa shape index (κ3) is 1.46. The molecule has 5 heteroatoms. The molecule has 5 nitrogen and oxygen atoms in total. The molecule has 2 aliphatic heterocycles. The number of carbonyl (C=O) groups is 1. The second-order valence-electron chi connectivity index (χ2n) is 7.99. The van der Waals surface area contributed by atoms with Crippen LogP contribution >= 0.6 is 0 Å². The number of ether oxygens (including phenoxy) is 1. The number of aromatic hydroxyl groups is 1. The van der Waals surface area contributed by atoms with E-state index in [2.05, 4.69) is 11.0 Å². The molecule has 4 atom stereocenters. The van der Waals surface area contributed by atoms with Crippen LogP contribution in [-0.4, -0.2) is 51.7 Å². The van der Waals surface area contributed by atoms with Crippen molar-refractivity contribution in [3.63, 3.8) is 0 Å². The maximum atomic E-state index is 12.6. The Kier molecular flexibility index (Phi) is 2.35. The van der Waals surface area contributed by atoms with E-state index in [1.165, 1.54) is 11.6 Å². The number of nitrogens with zero attached hydrogens (tertiary/aromatic N) is 1. The number of likely N-dealkylation sites (tertiary alicyclic amines) is 1. The molecule has 1 aromatic rings. The molecule has 2 N–H and O–H groups in total. The molecule has 1 fully saturated rings. The molecule has 1 saturated heterocycles. The van der Waals surface area contributed by atoms with Crippen molar-refractivity contribution in [3.05, 3.63) is 47.1 Å². The Morgan fingerprint density at radius 1 is 1.36 bits per heavy atom. The summed E-state index contributed by atoms with van der Waals surface area (Å²) in [6, 6.07) is 3.49. The molecular weight excluding hydrogens is 318 g/mol. The Morgan fingerprint density at radius 3 is 3.00 bits per heavy atom. The van der Waals surface area contributed by atoms with Gasteiger partial charge in [-0.2, -0.15) is 0 Å². The van der Waals surface area contributed by atoms with Crippen molar-refractivity contribution in [1.82, 2.24) is 4.90 Å². The number of rotatable bonds is 2. The van der Waals surface area contributed by atoms with E-state index in [4.69, 9.17) is 4.74 Å². The predicted molar refractivity (Wildman–Crippen MR) is 89.7 cm³/mol. The normalized spacial score (nSPS) is 39.7. The molecular formula is C20H19NO4. The lowest BCUT2D eigenvalue weighted by atomic mass is 9.51. The van der Waals surface area contributed by atoms with Gasteiger partial charge in [-0.15, -0.1) is 0 Å². The zero-order chi connectivity index (χ0) is 17.0. The van der Waals surface area contributed by atoms with Crippen molar-refractivity contribution in [1.29, 1.82) is 0 Å². The molecule has 1 aromatic carbocycles. The summed E-state index contributed by atoms with van der Waals surface area (Å²) in [6.07, 6.45) is 7.08. The van der Waals surface area contributed by atoms with Crippen molar-refractivity contribution in [2.75, 3.05) is 13.1 Å². The van der Waals surface area contributed by atoms with Gasteiger partial charge in [0.05, 0.1) is 5.41 Å². The summed E-state index contributed by atoms with van der Waals surface area (Å²) in [5, 5.41) is 22.2. The van der Waals surface area contributed by atoms with Gasteiger partial charge in [0.15, 0.2) is 23.4 Å². The number of aliphatic hydroxyl groups is 1. The molecule has 3 aliphatic carbocycles. The van der Waals surface area contributed by atoms with Crippen LogP contribution in [0.15, 0.2) is 35.9 Å². The first-order valence-electron chi connectivity index (χ1n) is 8.94. The second-order valence-corrected chi connectivity index (χ2v) is 7.99. The van der Waals surface area contributed by atoms with Crippen LogP contribution in [0, 0.1) is 0 Å². The highest BCUT2D eigenvalue weighted by Gasteiger charge is 2.71. The number of benzene rings is 1. The van der Waals surface area contributed by atoms with E-state index in [9.17, 15) is 15.0 Å². The first-order chi connectivity index (χ1) is 12.0. The topological polar surface area (TPSA) is 70.0 Å². The van der Waals surface area contributed by atoms with Crippen molar-refractivity contribution in [2.45, 2.75) is 42.4 Å². The van der Waals surface area contributed by atoms with E-state index in [-0.39, 0.29) is 17.6 Å². The summed E-state index contributed by atoms with van der Waals surface area (Å²) in [5.41, 5.74) is 1.44. The van der Waals surface area contributed by atoms with Gasteiger partial charge in [-0.1, -0.05) is 17.7 Å². The maximum absolute atomic E-state index is 12.6. The number of hydrogen-bond acceptors (Lipinski definition) is 5. The minimum atomic E-state index is -1.15. The van der Waals surface area contributed by atoms with Crippen molar-refractivity contribution >= 4 is 5.78 Å². The third-order valence-electron chi connectivity index (χ3n) is 6.88. The summed E-state index contributed by atoms with van der Waals surface area (Å²) in [5.74, 6) is 0.335. The zero-order valence-electron chi connectivity index (χ0n) is 13.7. The van der Waals surface area contributed by atoms with Crippen LogP contribution in [0.2, 0.25) is 0 Å². The SMILES string of the molecule is O=C1C=CC2(O)[C@H]3Cc4ccc(O)c5c4[C@@]2(CCN3CC2=CC2)[C@H]1O5. The zero-order valence-corrected chi connectivity index (χ0v) is 13.7. The lowest BCUT2D eigenvalue weighted by molar-refractivity contribution is -0.153. The molecule has 2 heterocycles. The van der Waals surface area contributed by atoms with Crippen LogP contribution < -0.4 is 4.74 Å². The van der Waals surface area contributed by atoms with Crippen LogP contribution in [-0.2, 0) is 16.6 Å². The molecule has 0 radical (unpaired) electrons. The van der Waals surface area contributed by atoms with E-state index < -0.39 is 17.1 Å². The van der Waals surface area contributed by atoms with E-state index in [0.717, 1.165) is 30.6 Å². The summed E-state index contributed by atoms with van der Waals surface area (Å²) in [7, 11) is 0. The Bertz CT molecular complexity index is 903. The molecule has 2 bridgehead atoms. The second kappa shape index (κ2) is 4.17. The van der Waals surface area contributed by atoms with Crippen LogP contribution in [0.5, 0.6) is 11.5 Å². The fourth-order valence-electron chi connectivity index (χ4n) is 5.66. The van der Waals surface area contributed by atoms with E-state index >= 15 is 0 Å². The minimum Gasteiger partial charge on any atom is -0.504 e. The highest BCUT2D eigenvalue weighted by Crippen LogP contribution is 2.63. The first kappa shape index (κ1) is 14.1. The van der Waals surface area contributed by atoms with Crippen LogP contribution in [0.3, 0.4) is 0 Å². The van der Waals surface area contributed by atoms with E-state index in [1.54, 1.807) is 12.1 Å². The average molecular weight is 337 g/mol. The van der Waals surface area contributed by atoms with Gasteiger partial charge in [0.1, 0.15) is 5.60 Å². The smallest absolute Gasteiger partial charge is 0.196 e. The molecule has 1 spiro atoms. The maximum Gasteiger partial charge on any atom is 0.196 e. The Hall–Kier alpha value is -2.11. The number of piperidine rings is 1. The minimum absolute atomic E-state index is 0.0571. The molecule has 1 unspecified atom stereocenters. The van der Waals surface area contributed by atoms with E-state index in [1.807, 2.05) is 6.07 Å². The summed E-state index contributed by atoms with van der Waals surface area (Å²) in [4.78, 5) is 15.0. The number of ketones is 1. The molecule has 0 amide bonds. The number of carbonyl (C=O) groups excluding carboxylic acids is 1. The van der Waals surface area contributed by atoms with Gasteiger partial charge in [-0.05, 0) is 43.0 Å². The number of allylic oxidation sites excluding steroid dienone is 1.